The highest BCUT2D eigenvalue weighted by atomic mass is 16.6. The van der Waals surface area contributed by atoms with E-state index in [1.165, 1.54) is 4.90 Å². The molecule has 0 saturated carbocycles. The first-order valence-corrected chi connectivity index (χ1v) is 7.66. The molecule has 1 heterocycles. The Morgan fingerprint density at radius 1 is 1.26 bits per heavy atom. The maximum atomic E-state index is 12.3. The summed E-state index contributed by atoms with van der Waals surface area (Å²) < 4.78 is 10.5. The van der Waals surface area contributed by atoms with Gasteiger partial charge >= 0.3 is 12.1 Å². The van der Waals surface area contributed by atoms with Gasteiger partial charge in [0, 0.05) is 6.54 Å². The Morgan fingerprint density at radius 2 is 1.91 bits per heavy atom. The second kappa shape index (κ2) is 7.00. The zero-order chi connectivity index (χ0) is 17.0. The van der Waals surface area contributed by atoms with Crippen LogP contribution in [0.5, 0.6) is 0 Å². The number of likely N-dealkylation sites (tertiary alicyclic amines) is 1. The van der Waals surface area contributed by atoms with Crippen LogP contribution >= 0.6 is 0 Å². The number of esters is 1. The monoisotopic (exact) mass is 321 g/mol. The Labute approximate surface area is 136 Å². The van der Waals surface area contributed by atoms with E-state index < -0.39 is 29.8 Å². The van der Waals surface area contributed by atoms with Gasteiger partial charge in [-0.25, -0.2) is 9.59 Å². The van der Waals surface area contributed by atoms with Crippen LogP contribution in [0.4, 0.5) is 4.79 Å². The quantitative estimate of drug-likeness (QED) is 0.863. The van der Waals surface area contributed by atoms with Gasteiger partial charge in [-0.05, 0) is 32.8 Å². The van der Waals surface area contributed by atoms with Crippen molar-refractivity contribution in [3.63, 3.8) is 0 Å². The van der Waals surface area contributed by atoms with Crippen LogP contribution in [0, 0.1) is 0 Å². The van der Waals surface area contributed by atoms with Crippen molar-refractivity contribution >= 4 is 12.1 Å². The van der Waals surface area contributed by atoms with Crippen molar-refractivity contribution in [2.24, 2.45) is 0 Å². The number of aliphatic hydroxyl groups is 1. The van der Waals surface area contributed by atoms with E-state index in [9.17, 15) is 14.7 Å². The summed E-state index contributed by atoms with van der Waals surface area (Å²) in [5.74, 6) is -0.621. The van der Waals surface area contributed by atoms with E-state index in [2.05, 4.69) is 0 Å². The number of aliphatic hydroxyl groups excluding tert-OH is 1. The van der Waals surface area contributed by atoms with E-state index in [1.807, 2.05) is 30.3 Å². The normalized spacial score (nSPS) is 21.1. The summed E-state index contributed by atoms with van der Waals surface area (Å²) in [7, 11) is 0. The topological polar surface area (TPSA) is 76.1 Å². The first-order chi connectivity index (χ1) is 10.8. The van der Waals surface area contributed by atoms with Gasteiger partial charge in [0.05, 0.1) is 6.10 Å². The lowest BCUT2D eigenvalue weighted by Gasteiger charge is -2.28. The van der Waals surface area contributed by atoms with Crippen LogP contribution in [0.1, 0.15) is 32.8 Å². The molecule has 1 saturated heterocycles. The van der Waals surface area contributed by atoms with Crippen molar-refractivity contribution in [3.8, 4) is 0 Å². The molecular formula is C17H23NO5. The molecule has 1 aromatic rings. The molecule has 2 rings (SSSR count). The zero-order valence-corrected chi connectivity index (χ0v) is 13.7. The van der Waals surface area contributed by atoms with E-state index in [0.29, 0.717) is 6.42 Å². The molecule has 0 radical (unpaired) electrons. The van der Waals surface area contributed by atoms with Crippen LogP contribution in [-0.4, -0.2) is 46.4 Å². The Bertz CT molecular complexity index is 552. The summed E-state index contributed by atoms with van der Waals surface area (Å²) >= 11 is 0. The SMILES string of the molecule is CC(C)(C)OC(=O)N1CC[C@H](O)[C@@H]1C(=O)OCc1ccccc1. The first kappa shape index (κ1) is 17.3. The number of rotatable bonds is 3. The standard InChI is InChI=1S/C17H23NO5/c1-17(2,3)23-16(21)18-10-9-13(19)14(18)15(20)22-11-12-7-5-4-6-8-12/h4-8,13-14,19H,9-11H2,1-3H3/t13-,14+/m0/s1. The van der Waals surface area contributed by atoms with Gasteiger partial charge in [0.1, 0.15) is 12.2 Å². The molecule has 0 aromatic heterocycles. The first-order valence-electron chi connectivity index (χ1n) is 7.66. The predicted molar refractivity (Wildman–Crippen MR) is 83.6 cm³/mol. The minimum atomic E-state index is -1.02. The number of nitrogens with zero attached hydrogens (tertiary/aromatic N) is 1. The van der Waals surface area contributed by atoms with Crippen LogP contribution in [0.3, 0.4) is 0 Å². The predicted octanol–water partition coefficient (Wildman–Crippen LogP) is 2.10. The minimum absolute atomic E-state index is 0.102. The highest BCUT2D eigenvalue weighted by Crippen LogP contribution is 2.22. The minimum Gasteiger partial charge on any atom is -0.459 e. The zero-order valence-electron chi connectivity index (χ0n) is 13.7. The summed E-state index contributed by atoms with van der Waals surface area (Å²) in [6.45, 7) is 5.62. The molecule has 1 N–H and O–H groups in total. The van der Waals surface area contributed by atoms with E-state index in [-0.39, 0.29) is 13.2 Å². The molecule has 6 heteroatoms. The third kappa shape index (κ3) is 4.69. The lowest BCUT2D eigenvalue weighted by Crippen LogP contribution is -2.47. The number of amides is 1. The number of carbonyl (C=O) groups is 2. The second-order valence-electron chi connectivity index (χ2n) is 6.57. The molecule has 23 heavy (non-hydrogen) atoms. The van der Waals surface area contributed by atoms with Gasteiger partial charge in [0.2, 0.25) is 0 Å². The number of hydrogen-bond donors (Lipinski definition) is 1. The van der Waals surface area contributed by atoms with E-state index in [0.717, 1.165) is 5.56 Å². The molecule has 6 nitrogen and oxygen atoms in total. The maximum absolute atomic E-state index is 12.3. The van der Waals surface area contributed by atoms with Crippen molar-refractivity contribution < 1.29 is 24.2 Å². The van der Waals surface area contributed by atoms with Crippen LogP contribution in [0.2, 0.25) is 0 Å². The average Bonchev–Trinajstić information content (AvgIpc) is 2.86. The van der Waals surface area contributed by atoms with Gasteiger partial charge in [-0.3, -0.25) is 4.90 Å². The van der Waals surface area contributed by atoms with Crippen LogP contribution < -0.4 is 0 Å². The fourth-order valence-corrected chi connectivity index (χ4v) is 2.40. The molecule has 1 aliphatic heterocycles. The molecule has 0 unspecified atom stereocenters. The Kier molecular flexibility index (Phi) is 5.26. The lowest BCUT2D eigenvalue weighted by atomic mass is 10.1. The van der Waals surface area contributed by atoms with Crippen molar-refractivity contribution in [1.82, 2.24) is 4.90 Å². The second-order valence-corrected chi connectivity index (χ2v) is 6.57. The summed E-state index contributed by atoms with van der Waals surface area (Å²) in [4.78, 5) is 25.7. The Morgan fingerprint density at radius 3 is 2.52 bits per heavy atom. The highest BCUT2D eigenvalue weighted by Gasteiger charge is 2.43. The van der Waals surface area contributed by atoms with Gasteiger partial charge in [0.25, 0.3) is 0 Å². The summed E-state index contributed by atoms with van der Waals surface area (Å²) in [6, 6.07) is 8.22. The molecule has 126 valence electrons. The van der Waals surface area contributed by atoms with E-state index in [4.69, 9.17) is 9.47 Å². The van der Waals surface area contributed by atoms with Crippen molar-refractivity contribution in [2.75, 3.05) is 6.54 Å². The summed E-state index contributed by atoms with van der Waals surface area (Å²) in [6.07, 6.45) is -1.23. The third-order valence-electron chi connectivity index (χ3n) is 3.46. The van der Waals surface area contributed by atoms with Gasteiger partial charge < -0.3 is 14.6 Å². The van der Waals surface area contributed by atoms with Gasteiger partial charge in [-0.15, -0.1) is 0 Å². The smallest absolute Gasteiger partial charge is 0.411 e. The van der Waals surface area contributed by atoms with E-state index in [1.54, 1.807) is 20.8 Å². The highest BCUT2D eigenvalue weighted by molar-refractivity contribution is 5.83. The third-order valence-corrected chi connectivity index (χ3v) is 3.46. The molecule has 0 bridgehead atoms. The molecule has 1 aliphatic rings. The number of hydrogen-bond acceptors (Lipinski definition) is 5. The van der Waals surface area contributed by atoms with Gasteiger partial charge in [-0.2, -0.15) is 0 Å². The maximum Gasteiger partial charge on any atom is 0.411 e. The average molecular weight is 321 g/mol. The van der Waals surface area contributed by atoms with E-state index >= 15 is 0 Å². The number of benzene rings is 1. The number of ether oxygens (including phenoxy) is 2. The molecule has 0 spiro atoms. The molecule has 1 fully saturated rings. The molecule has 1 aromatic carbocycles. The van der Waals surface area contributed by atoms with Crippen LogP contribution in [0.15, 0.2) is 30.3 Å². The molecule has 0 aliphatic carbocycles. The molecule has 2 atom stereocenters. The van der Waals surface area contributed by atoms with Crippen LogP contribution in [0.25, 0.3) is 0 Å². The lowest BCUT2D eigenvalue weighted by molar-refractivity contribution is -0.153. The summed E-state index contributed by atoms with van der Waals surface area (Å²) in [5, 5.41) is 10.0. The molecule has 1 amide bonds. The van der Waals surface area contributed by atoms with Crippen LogP contribution in [-0.2, 0) is 20.9 Å². The Hall–Kier alpha value is -2.08. The molecular weight excluding hydrogens is 298 g/mol. The Balaban J connectivity index is 1.99. The van der Waals surface area contributed by atoms with Crippen molar-refractivity contribution in [1.29, 1.82) is 0 Å². The van der Waals surface area contributed by atoms with Gasteiger partial charge in [0.15, 0.2) is 6.04 Å². The fourth-order valence-electron chi connectivity index (χ4n) is 2.40. The van der Waals surface area contributed by atoms with Crippen molar-refractivity contribution in [3.05, 3.63) is 35.9 Å². The fraction of sp³-hybridized carbons (Fsp3) is 0.529. The number of carbonyl (C=O) groups excluding carboxylic acids is 2. The summed E-state index contributed by atoms with van der Waals surface area (Å²) in [5.41, 5.74) is 0.181. The van der Waals surface area contributed by atoms with Gasteiger partial charge in [-0.1, -0.05) is 30.3 Å². The van der Waals surface area contributed by atoms with Crippen molar-refractivity contribution in [2.45, 2.75) is 51.5 Å². The largest absolute Gasteiger partial charge is 0.459 e.